The molecule has 0 bridgehead atoms. The van der Waals surface area contributed by atoms with Gasteiger partial charge in [-0.15, -0.1) is 0 Å². The normalized spacial score (nSPS) is 16.6. The van der Waals surface area contributed by atoms with Gasteiger partial charge in [0.25, 0.3) is 0 Å². The Labute approximate surface area is 234 Å². The second-order valence-electron chi connectivity index (χ2n) is 9.71. The van der Waals surface area contributed by atoms with Crippen LogP contribution in [0.2, 0.25) is 0 Å². The zero-order valence-corrected chi connectivity index (χ0v) is 23.7. The van der Waals surface area contributed by atoms with E-state index in [2.05, 4.69) is 35.7 Å². The van der Waals surface area contributed by atoms with Crippen molar-refractivity contribution in [3.8, 4) is 11.5 Å². The SMILES string of the molecule is COc1cc2c(N3CCN(C(=S)SCc4cccnc4)CC3)ncnc2cc1OCCCN1CCCCC1. The molecule has 2 aliphatic heterocycles. The number of likely N-dealkylation sites (tertiary alicyclic amines) is 1. The molecule has 0 saturated carbocycles. The van der Waals surface area contributed by atoms with Gasteiger partial charge in [0, 0.05) is 62.3 Å². The predicted octanol–water partition coefficient (Wildman–Crippen LogP) is 4.63. The Morgan fingerprint density at radius 2 is 1.87 bits per heavy atom. The second kappa shape index (κ2) is 13.4. The minimum Gasteiger partial charge on any atom is -0.493 e. The number of hydrogen-bond acceptors (Lipinski definition) is 9. The standard InChI is InChI=1S/C28H36N6O2S2/c1-35-25-17-23-24(18-26(25)36-16-6-11-32-9-3-2-4-10-32)30-21-31-27(23)33-12-14-34(15-13-33)28(37)38-20-22-7-5-8-29-19-22/h5,7-8,17-19,21H,2-4,6,9-16,20H2,1H3. The highest BCUT2D eigenvalue weighted by molar-refractivity contribution is 8.22. The number of piperidine rings is 1. The van der Waals surface area contributed by atoms with Gasteiger partial charge in [-0.3, -0.25) is 4.98 Å². The summed E-state index contributed by atoms with van der Waals surface area (Å²) in [6.45, 7) is 7.58. The molecule has 2 aromatic heterocycles. The van der Waals surface area contributed by atoms with E-state index >= 15 is 0 Å². The van der Waals surface area contributed by atoms with Crippen LogP contribution in [0.1, 0.15) is 31.2 Å². The molecule has 8 nitrogen and oxygen atoms in total. The lowest BCUT2D eigenvalue weighted by Crippen LogP contribution is -2.48. The van der Waals surface area contributed by atoms with Gasteiger partial charge in [-0.05, 0) is 50.0 Å². The molecule has 202 valence electrons. The zero-order chi connectivity index (χ0) is 26.2. The van der Waals surface area contributed by atoms with Crippen molar-refractivity contribution in [3.05, 3.63) is 48.5 Å². The number of rotatable bonds is 9. The summed E-state index contributed by atoms with van der Waals surface area (Å²) in [5, 5.41) is 0.979. The Balaban J connectivity index is 1.18. The summed E-state index contributed by atoms with van der Waals surface area (Å²) in [6, 6.07) is 8.05. The molecule has 0 amide bonds. The van der Waals surface area contributed by atoms with Crippen molar-refractivity contribution in [2.75, 3.05) is 64.4 Å². The molecule has 0 N–H and O–H groups in total. The lowest BCUT2D eigenvalue weighted by molar-refractivity contribution is 0.203. The first-order valence-corrected chi connectivity index (χ1v) is 14.8. The predicted molar refractivity (Wildman–Crippen MR) is 158 cm³/mol. The number of benzene rings is 1. The zero-order valence-electron chi connectivity index (χ0n) is 22.1. The van der Waals surface area contributed by atoms with Gasteiger partial charge in [0.1, 0.15) is 16.5 Å². The van der Waals surface area contributed by atoms with E-state index in [1.165, 1.54) is 37.9 Å². The van der Waals surface area contributed by atoms with Gasteiger partial charge in [-0.1, -0.05) is 36.5 Å². The highest BCUT2D eigenvalue weighted by Gasteiger charge is 2.23. The number of piperazine rings is 1. The third-order valence-corrected chi connectivity index (χ3v) is 8.74. The number of anilines is 1. The lowest BCUT2D eigenvalue weighted by atomic mass is 10.1. The Hall–Kier alpha value is -2.69. The summed E-state index contributed by atoms with van der Waals surface area (Å²) in [5.74, 6) is 3.23. The number of nitrogens with zero attached hydrogens (tertiary/aromatic N) is 6. The Morgan fingerprint density at radius 3 is 2.63 bits per heavy atom. The number of ether oxygens (including phenoxy) is 2. The van der Waals surface area contributed by atoms with Gasteiger partial charge in [-0.25, -0.2) is 9.97 Å². The summed E-state index contributed by atoms with van der Waals surface area (Å²) in [4.78, 5) is 20.5. The summed E-state index contributed by atoms with van der Waals surface area (Å²) < 4.78 is 12.8. The smallest absolute Gasteiger partial charge is 0.163 e. The second-order valence-corrected chi connectivity index (χ2v) is 11.3. The first-order chi connectivity index (χ1) is 18.7. The summed E-state index contributed by atoms with van der Waals surface area (Å²) in [7, 11) is 1.69. The van der Waals surface area contributed by atoms with Crippen molar-refractivity contribution in [1.82, 2.24) is 24.8 Å². The average Bonchev–Trinajstić information content (AvgIpc) is 2.98. The maximum Gasteiger partial charge on any atom is 0.163 e. The van der Waals surface area contributed by atoms with Crippen LogP contribution in [0.4, 0.5) is 5.82 Å². The van der Waals surface area contributed by atoms with Crippen LogP contribution in [0, 0.1) is 0 Å². The maximum atomic E-state index is 6.15. The van der Waals surface area contributed by atoms with Gasteiger partial charge < -0.3 is 24.2 Å². The Morgan fingerprint density at radius 1 is 1.03 bits per heavy atom. The fourth-order valence-electron chi connectivity index (χ4n) is 5.05. The van der Waals surface area contributed by atoms with Crippen molar-refractivity contribution in [3.63, 3.8) is 0 Å². The van der Waals surface area contributed by atoms with Gasteiger partial charge in [0.2, 0.25) is 0 Å². The molecular formula is C28H36N6O2S2. The van der Waals surface area contributed by atoms with Crippen LogP contribution in [-0.2, 0) is 5.75 Å². The first-order valence-electron chi connectivity index (χ1n) is 13.4. The molecule has 1 aromatic carbocycles. The van der Waals surface area contributed by atoms with Gasteiger partial charge in [0.05, 0.1) is 19.2 Å². The third kappa shape index (κ3) is 6.84. The van der Waals surface area contributed by atoms with E-state index in [1.54, 1.807) is 31.4 Å². The summed E-state index contributed by atoms with van der Waals surface area (Å²) in [5.41, 5.74) is 2.05. The van der Waals surface area contributed by atoms with Crippen LogP contribution in [0.25, 0.3) is 10.9 Å². The van der Waals surface area contributed by atoms with Gasteiger partial charge in [0.15, 0.2) is 11.5 Å². The van der Waals surface area contributed by atoms with Crippen LogP contribution in [-0.4, -0.2) is 88.6 Å². The van der Waals surface area contributed by atoms with Crippen molar-refractivity contribution < 1.29 is 9.47 Å². The minimum absolute atomic E-state index is 0.664. The molecule has 0 unspecified atom stereocenters. The molecule has 2 fully saturated rings. The highest BCUT2D eigenvalue weighted by atomic mass is 32.2. The summed E-state index contributed by atoms with van der Waals surface area (Å²) in [6.07, 6.45) is 10.3. The van der Waals surface area contributed by atoms with Crippen LogP contribution in [0.5, 0.6) is 11.5 Å². The minimum atomic E-state index is 0.664. The maximum absolute atomic E-state index is 6.15. The van der Waals surface area contributed by atoms with Crippen molar-refractivity contribution in [2.45, 2.75) is 31.4 Å². The molecule has 2 saturated heterocycles. The monoisotopic (exact) mass is 552 g/mol. The van der Waals surface area contributed by atoms with Gasteiger partial charge >= 0.3 is 0 Å². The van der Waals surface area contributed by atoms with E-state index in [0.29, 0.717) is 6.61 Å². The molecule has 3 aromatic rings. The molecule has 0 aliphatic carbocycles. The van der Waals surface area contributed by atoms with E-state index < -0.39 is 0 Å². The Kier molecular flexibility index (Phi) is 9.48. The molecule has 2 aliphatic rings. The topological polar surface area (TPSA) is 66.8 Å². The quantitative estimate of drug-likeness (QED) is 0.277. The number of fused-ring (bicyclic) bond motifs is 1. The van der Waals surface area contributed by atoms with E-state index in [9.17, 15) is 0 Å². The van der Waals surface area contributed by atoms with Crippen LogP contribution >= 0.6 is 24.0 Å². The molecule has 0 radical (unpaired) electrons. The highest BCUT2D eigenvalue weighted by Crippen LogP contribution is 2.35. The molecule has 0 spiro atoms. The lowest BCUT2D eigenvalue weighted by Gasteiger charge is -2.36. The number of thiocarbonyl (C=S) groups is 1. The third-order valence-electron chi connectivity index (χ3n) is 7.15. The number of hydrogen-bond donors (Lipinski definition) is 0. The van der Waals surface area contributed by atoms with Crippen LogP contribution < -0.4 is 14.4 Å². The molecule has 10 heteroatoms. The molecule has 4 heterocycles. The van der Waals surface area contributed by atoms with Crippen LogP contribution in [0.15, 0.2) is 43.0 Å². The largest absolute Gasteiger partial charge is 0.493 e. The van der Waals surface area contributed by atoms with Crippen LogP contribution in [0.3, 0.4) is 0 Å². The van der Waals surface area contributed by atoms with E-state index in [4.69, 9.17) is 21.7 Å². The van der Waals surface area contributed by atoms with Crippen molar-refractivity contribution in [2.24, 2.45) is 0 Å². The molecular weight excluding hydrogens is 516 g/mol. The molecule has 5 rings (SSSR count). The van der Waals surface area contributed by atoms with E-state index in [1.807, 2.05) is 24.4 Å². The van der Waals surface area contributed by atoms with Crippen molar-refractivity contribution in [1.29, 1.82) is 0 Å². The van der Waals surface area contributed by atoms with Gasteiger partial charge in [-0.2, -0.15) is 0 Å². The fraction of sp³-hybridized carbons (Fsp3) is 0.500. The van der Waals surface area contributed by atoms with E-state index in [-0.39, 0.29) is 0 Å². The van der Waals surface area contributed by atoms with Crippen molar-refractivity contribution >= 4 is 45.0 Å². The number of methoxy groups -OCH3 is 1. The first kappa shape index (κ1) is 26.9. The average molecular weight is 553 g/mol. The molecule has 0 atom stereocenters. The van der Waals surface area contributed by atoms with E-state index in [0.717, 1.165) is 77.4 Å². The molecule has 38 heavy (non-hydrogen) atoms. The number of pyridine rings is 1. The Bertz CT molecular complexity index is 1200. The number of thioether (sulfide) groups is 1. The number of aromatic nitrogens is 3. The fourth-order valence-corrected chi connectivity index (χ4v) is 6.23. The summed E-state index contributed by atoms with van der Waals surface area (Å²) >= 11 is 7.42.